The molecule has 0 amide bonds. The van der Waals surface area contributed by atoms with Crippen LogP contribution in [0.2, 0.25) is 0 Å². The second kappa shape index (κ2) is 9.21. The monoisotopic (exact) mass is 311 g/mol. The third kappa shape index (κ3) is 7.09. The summed E-state index contributed by atoms with van der Waals surface area (Å²) in [5.41, 5.74) is 2.25. The quantitative estimate of drug-likeness (QED) is 0.758. The minimum Gasteiger partial charge on any atom is -0.496 e. The summed E-state index contributed by atoms with van der Waals surface area (Å²) >= 11 is 0. The summed E-state index contributed by atoms with van der Waals surface area (Å²) in [5.74, 6) is 2.76. The van der Waals surface area contributed by atoms with E-state index in [1.165, 1.54) is 5.56 Å². The molecule has 0 fully saturated rings. The predicted octanol–water partition coefficient (Wildman–Crippen LogP) is 3.49. The highest BCUT2D eigenvalue weighted by Crippen LogP contribution is 2.22. The summed E-state index contributed by atoms with van der Waals surface area (Å²) in [7, 11) is 0.844. The molecule has 0 aliphatic carbocycles. The van der Waals surface area contributed by atoms with Gasteiger partial charge in [0.05, 0.1) is 12.9 Å². The molecule has 1 atom stereocenters. The van der Waals surface area contributed by atoms with Gasteiger partial charge in [0, 0.05) is 34.7 Å². The lowest BCUT2D eigenvalue weighted by Gasteiger charge is -2.13. The van der Waals surface area contributed by atoms with E-state index in [9.17, 15) is 4.21 Å². The second-order valence-electron chi connectivity index (χ2n) is 6.15. The molecule has 120 valence electrons. The van der Waals surface area contributed by atoms with Gasteiger partial charge in [-0.1, -0.05) is 33.8 Å². The Hall–Kier alpha value is -0.870. The van der Waals surface area contributed by atoms with E-state index in [-0.39, 0.29) is 0 Å². The lowest BCUT2D eigenvalue weighted by molar-refractivity contribution is 0.411. The van der Waals surface area contributed by atoms with Crippen molar-refractivity contribution in [2.24, 2.45) is 5.92 Å². The van der Waals surface area contributed by atoms with Gasteiger partial charge < -0.3 is 10.1 Å². The van der Waals surface area contributed by atoms with Gasteiger partial charge in [0.2, 0.25) is 0 Å². The van der Waals surface area contributed by atoms with E-state index in [2.05, 4.69) is 45.1 Å². The van der Waals surface area contributed by atoms with Gasteiger partial charge >= 0.3 is 0 Å². The van der Waals surface area contributed by atoms with Gasteiger partial charge in [-0.15, -0.1) is 0 Å². The normalized spacial score (nSPS) is 12.9. The molecule has 1 aromatic carbocycles. The fourth-order valence-electron chi connectivity index (χ4n) is 1.99. The molecule has 0 heterocycles. The fraction of sp³-hybridized carbons (Fsp3) is 0.647. The van der Waals surface area contributed by atoms with Crippen LogP contribution < -0.4 is 10.1 Å². The molecule has 1 rings (SSSR count). The Morgan fingerprint density at radius 3 is 2.52 bits per heavy atom. The number of benzene rings is 1. The van der Waals surface area contributed by atoms with E-state index < -0.39 is 10.8 Å². The van der Waals surface area contributed by atoms with Crippen LogP contribution in [0, 0.1) is 5.92 Å². The maximum atomic E-state index is 12.2. The lowest BCUT2D eigenvalue weighted by Crippen LogP contribution is -2.21. The zero-order chi connectivity index (χ0) is 15.8. The van der Waals surface area contributed by atoms with E-state index in [1.807, 2.05) is 6.07 Å². The molecule has 0 saturated heterocycles. The largest absolute Gasteiger partial charge is 0.496 e. The van der Waals surface area contributed by atoms with Crippen molar-refractivity contribution in [1.82, 2.24) is 5.32 Å². The zero-order valence-corrected chi connectivity index (χ0v) is 14.8. The Balaban J connectivity index is 2.73. The molecule has 1 unspecified atom stereocenters. The number of rotatable bonds is 9. The highest BCUT2D eigenvalue weighted by atomic mass is 32.2. The van der Waals surface area contributed by atoms with Crippen molar-refractivity contribution in [1.29, 1.82) is 0 Å². The van der Waals surface area contributed by atoms with Gasteiger partial charge in [-0.05, 0) is 30.0 Å². The molecule has 0 aliphatic heterocycles. The van der Waals surface area contributed by atoms with Crippen molar-refractivity contribution in [3.63, 3.8) is 0 Å². The Morgan fingerprint density at radius 2 is 1.95 bits per heavy atom. The Bertz CT molecular complexity index is 458. The molecule has 1 N–H and O–H groups in total. The molecule has 4 heteroatoms. The van der Waals surface area contributed by atoms with Crippen LogP contribution in [0.1, 0.15) is 45.2 Å². The first-order valence-electron chi connectivity index (χ1n) is 7.66. The molecule has 0 saturated carbocycles. The molecule has 0 spiro atoms. The van der Waals surface area contributed by atoms with E-state index in [1.54, 1.807) is 7.11 Å². The highest BCUT2D eigenvalue weighted by molar-refractivity contribution is 7.84. The minimum absolute atomic E-state index is 0.454. The van der Waals surface area contributed by atoms with Crippen LogP contribution in [0.3, 0.4) is 0 Å². The fourth-order valence-corrected chi connectivity index (χ4v) is 3.44. The number of ether oxygens (including phenoxy) is 1. The van der Waals surface area contributed by atoms with Crippen LogP contribution in [0.25, 0.3) is 0 Å². The van der Waals surface area contributed by atoms with Crippen LogP contribution in [-0.4, -0.2) is 23.1 Å². The lowest BCUT2D eigenvalue weighted by atomic mass is 10.1. The average Bonchev–Trinajstić information content (AvgIpc) is 2.43. The third-order valence-corrected chi connectivity index (χ3v) is 4.62. The summed E-state index contributed by atoms with van der Waals surface area (Å²) < 4.78 is 17.6. The van der Waals surface area contributed by atoms with Gasteiger partial charge in [-0.2, -0.15) is 0 Å². The molecular formula is C17H29NO2S. The Kier molecular flexibility index (Phi) is 7.97. The first-order chi connectivity index (χ1) is 9.92. The molecule has 0 bridgehead atoms. The molecule has 21 heavy (non-hydrogen) atoms. The molecule has 3 nitrogen and oxygen atoms in total. The summed E-state index contributed by atoms with van der Waals surface area (Å²) in [6, 6.07) is 6.61. The van der Waals surface area contributed by atoms with Gasteiger partial charge in [-0.25, -0.2) is 0 Å². The average molecular weight is 311 g/mol. The van der Waals surface area contributed by atoms with Gasteiger partial charge in [0.1, 0.15) is 5.75 Å². The summed E-state index contributed by atoms with van der Waals surface area (Å²) in [4.78, 5) is 0. The molecule has 1 aromatic rings. The number of methoxy groups -OCH3 is 1. The van der Waals surface area contributed by atoms with Crippen molar-refractivity contribution in [2.75, 3.05) is 12.9 Å². The van der Waals surface area contributed by atoms with E-state index in [0.717, 1.165) is 30.0 Å². The second-order valence-corrected chi connectivity index (χ2v) is 7.73. The maximum absolute atomic E-state index is 12.2. The first-order valence-corrected chi connectivity index (χ1v) is 9.15. The number of nitrogens with one attached hydrogen (secondary N) is 1. The van der Waals surface area contributed by atoms with Crippen molar-refractivity contribution >= 4 is 10.8 Å². The predicted molar refractivity (Wildman–Crippen MR) is 91.1 cm³/mol. The summed E-state index contributed by atoms with van der Waals surface area (Å²) in [5, 5.41) is 3.40. The number of hydrogen-bond donors (Lipinski definition) is 1. The first kappa shape index (κ1) is 18.2. The molecule has 0 aromatic heterocycles. The standard InChI is InChI=1S/C17H29NO2S/c1-13(2)8-9-21(19)12-16-10-15(11-18-14(3)4)6-7-17(16)20-5/h6-7,10,13-14,18H,8-9,11-12H2,1-5H3. The third-order valence-electron chi connectivity index (χ3n) is 3.30. The molecule has 0 radical (unpaired) electrons. The highest BCUT2D eigenvalue weighted by Gasteiger charge is 2.10. The SMILES string of the molecule is COc1ccc(CNC(C)C)cc1CS(=O)CCC(C)C. The van der Waals surface area contributed by atoms with Crippen molar-refractivity contribution in [3.8, 4) is 5.75 Å². The Labute approximate surface area is 131 Å². The molecule has 0 aliphatic rings. The van der Waals surface area contributed by atoms with Gasteiger partial charge in [-0.3, -0.25) is 4.21 Å². The van der Waals surface area contributed by atoms with Crippen LogP contribution in [0.15, 0.2) is 18.2 Å². The minimum atomic E-state index is -0.825. The van der Waals surface area contributed by atoms with E-state index >= 15 is 0 Å². The zero-order valence-electron chi connectivity index (χ0n) is 13.9. The van der Waals surface area contributed by atoms with Gasteiger partial charge in [0.15, 0.2) is 0 Å². The Morgan fingerprint density at radius 1 is 1.24 bits per heavy atom. The smallest absolute Gasteiger partial charge is 0.123 e. The van der Waals surface area contributed by atoms with Crippen LogP contribution in [0.5, 0.6) is 5.75 Å². The van der Waals surface area contributed by atoms with Gasteiger partial charge in [0.25, 0.3) is 0 Å². The summed E-state index contributed by atoms with van der Waals surface area (Å²) in [6.07, 6.45) is 1.00. The van der Waals surface area contributed by atoms with Crippen LogP contribution >= 0.6 is 0 Å². The van der Waals surface area contributed by atoms with Crippen molar-refractivity contribution in [2.45, 2.75) is 52.5 Å². The maximum Gasteiger partial charge on any atom is 0.123 e. The van der Waals surface area contributed by atoms with Crippen molar-refractivity contribution < 1.29 is 8.95 Å². The van der Waals surface area contributed by atoms with E-state index in [4.69, 9.17) is 4.74 Å². The summed E-state index contributed by atoms with van der Waals surface area (Å²) in [6.45, 7) is 9.41. The van der Waals surface area contributed by atoms with Crippen molar-refractivity contribution in [3.05, 3.63) is 29.3 Å². The number of hydrogen-bond acceptors (Lipinski definition) is 3. The van der Waals surface area contributed by atoms with E-state index in [0.29, 0.717) is 17.7 Å². The molecular weight excluding hydrogens is 282 g/mol. The topological polar surface area (TPSA) is 38.3 Å². The van der Waals surface area contributed by atoms with Crippen LogP contribution in [-0.2, 0) is 23.1 Å². The van der Waals surface area contributed by atoms with Crippen LogP contribution in [0.4, 0.5) is 0 Å².